The van der Waals surface area contributed by atoms with Crippen molar-refractivity contribution in [3.05, 3.63) is 53.6 Å². The maximum absolute atomic E-state index is 13.2. The van der Waals surface area contributed by atoms with Gasteiger partial charge in [-0.3, -0.25) is 4.68 Å². The number of aliphatic imine (C=N–C) groups is 1. The molecule has 0 aliphatic carbocycles. The van der Waals surface area contributed by atoms with Crippen LogP contribution in [0.4, 0.5) is 4.39 Å². The van der Waals surface area contributed by atoms with Crippen LogP contribution in [0.1, 0.15) is 24.5 Å². The first-order valence-corrected chi connectivity index (χ1v) is 7.91. The van der Waals surface area contributed by atoms with Crippen LogP contribution < -0.4 is 10.6 Å². The zero-order valence-electron chi connectivity index (χ0n) is 14.1. The van der Waals surface area contributed by atoms with Crippen LogP contribution in [0.2, 0.25) is 0 Å². The molecular formula is C17H25FIN5. The van der Waals surface area contributed by atoms with Gasteiger partial charge in [-0.2, -0.15) is 5.10 Å². The number of aryl methyl sites for hydroxylation is 2. The van der Waals surface area contributed by atoms with Crippen molar-refractivity contribution in [2.75, 3.05) is 13.1 Å². The van der Waals surface area contributed by atoms with Crippen LogP contribution in [0.3, 0.4) is 0 Å². The average molecular weight is 445 g/mol. The predicted octanol–water partition coefficient (Wildman–Crippen LogP) is 2.87. The quantitative estimate of drug-likeness (QED) is 0.298. The summed E-state index contributed by atoms with van der Waals surface area (Å²) in [5.74, 6) is 0.523. The van der Waals surface area contributed by atoms with Crippen LogP contribution in [0, 0.1) is 5.82 Å². The molecule has 1 heterocycles. The first-order valence-electron chi connectivity index (χ1n) is 7.91. The smallest absolute Gasteiger partial charge is 0.191 e. The third-order valence-electron chi connectivity index (χ3n) is 3.35. The van der Waals surface area contributed by atoms with Gasteiger partial charge < -0.3 is 10.6 Å². The molecule has 2 N–H and O–H groups in total. The summed E-state index contributed by atoms with van der Waals surface area (Å²) in [7, 11) is 1.92. The van der Waals surface area contributed by atoms with E-state index >= 15 is 0 Å². The van der Waals surface area contributed by atoms with E-state index in [1.807, 2.05) is 37.1 Å². The average Bonchev–Trinajstić information content (AvgIpc) is 2.94. The lowest BCUT2D eigenvalue weighted by molar-refractivity contribution is 0.625. The fraction of sp³-hybridized carbons (Fsp3) is 0.412. The van der Waals surface area contributed by atoms with Gasteiger partial charge in [0.2, 0.25) is 0 Å². The maximum atomic E-state index is 13.2. The molecule has 0 saturated heterocycles. The standard InChI is InChI=1S/C17H24FN5.HI/c1-3-19-17(21-11-14-6-4-8-16(18)10-14)20-9-5-7-15-12-22-23(2)13-15;/h4,6,8,10,12-13H,3,5,7,9,11H2,1-2H3,(H2,19,20,21);1H. The van der Waals surface area contributed by atoms with Gasteiger partial charge in [0.15, 0.2) is 5.96 Å². The summed E-state index contributed by atoms with van der Waals surface area (Å²) in [4.78, 5) is 4.48. The molecule has 1 aromatic carbocycles. The fourth-order valence-corrected chi connectivity index (χ4v) is 2.25. The third kappa shape index (κ3) is 7.29. The van der Waals surface area contributed by atoms with Crippen molar-refractivity contribution < 1.29 is 4.39 Å². The molecule has 24 heavy (non-hydrogen) atoms. The summed E-state index contributed by atoms with van der Waals surface area (Å²) in [6, 6.07) is 6.53. The summed E-state index contributed by atoms with van der Waals surface area (Å²) in [5, 5.41) is 10.7. The summed E-state index contributed by atoms with van der Waals surface area (Å²) in [5.41, 5.74) is 2.09. The van der Waals surface area contributed by atoms with Crippen LogP contribution in [0.25, 0.3) is 0 Å². The first-order chi connectivity index (χ1) is 11.2. The molecule has 1 aromatic heterocycles. The number of nitrogens with zero attached hydrogens (tertiary/aromatic N) is 3. The number of halogens is 2. The van der Waals surface area contributed by atoms with Gasteiger partial charge in [-0.15, -0.1) is 24.0 Å². The van der Waals surface area contributed by atoms with E-state index < -0.39 is 0 Å². The van der Waals surface area contributed by atoms with Gasteiger partial charge in [-0.05, 0) is 43.0 Å². The van der Waals surface area contributed by atoms with Crippen molar-refractivity contribution >= 4 is 29.9 Å². The second-order valence-corrected chi connectivity index (χ2v) is 5.38. The van der Waals surface area contributed by atoms with E-state index in [9.17, 15) is 4.39 Å². The van der Waals surface area contributed by atoms with Crippen molar-refractivity contribution in [2.24, 2.45) is 12.0 Å². The van der Waals surface area contributed by atoms with Crippen molar-refractivity contribution in [3.8, 4) is 0 Å². The topological polar surface area (TPSA) is 54.2 Å². The van der Waals surface area contributed by atoms with E-state index in [2.05, 4.69) is 20.7 Å². The Morgan fingerprint density at radius 3 is 2.79 bits per heavy atom. The molecule has 0 radical (unpaired) electrons. The van der Waals surface area contributed by atoms with Crippen LogP contribution in [0.5, 0.6) is 0 Å². The fourth-order valence-electron chi connectivity index (χ4n) is 2.25. The lowest BCUT2D eigenvalue weighted by atomic mass is 10.2. The number of nitrogens with one attached hydrogen (secondary N) is 2. The van der Waals surface area contributed by atoms with Crippen molar-refractivity contribution in [2.45, 2.75) is 26.3 Å². The van der Waals surface area contributed by atoms with Crippen LogP contribution in [-0.4, -0.2) is 28.8 Å². The number of guanidine groups is 1. The second kappa shape index (κ2) is 11.0. The largest absolute Gasteiger partial charge is 0.357 e. The highest BCUT2D eigenvalue weighted by molar-refractivity contribution is 14.0. The lowest BCUT2D eigenvalue weighted by Crippen LogP contribution is -2.37. The zero-order chi connectivity index (χ0) is 16.5. The zero-order valence-corrected chi connectivity index (χ0v) is 16.5. The van der Waals surface area contributed by atoms with Gasteiger partial charge in [0.25, 0.3) is 0 Å². The maximum Gasteiger partial charge on any atom is 0.191 e. The van der Waals surface area contributed by atoms with E-state index in [-0.39, 0.29) is 29.8 Å². The molecule has 132 valence electrons. The summed E-state index contributed by atoms with van der Waals surface area (Å²) >= 11 is 0. The van der Waals surface area contributed by atoms with Crippen LogP contribution in [-0.2, 0) is 20.0 Å². The highest BCUT2D eigenvalue weighted by Gasteiger charge is 2.00. The van der Waals surface area contributed by atoms with Crippen molar-refractivity contribution in [1.82, 2.24) is 20.4 Å². The normalized spacial score (nSPS) is 11.0. The van der Waals surface area contributed by atoms with E-state index in [0.29, 0.717) is 6.54 Å². The predicted molar refractivity (Wildman–Crippen MR) is 106 cm³/mol. The Bertz CT molecular complexity index is 641. The molecule has 0 aliphatic heterocycles. The van der Waals surface area contributed by atoms with Gasteiger partial charge in [-0.25, -0.2) is 9.38 Å². The molecule has 7 heteroatoms. The SMILES string of the molecule is CCNC(=NCc1cccc(F)c1)NCCCc1cnn(C)c1.I. The highest BCUT2D eigenvalue weighted by Crippen LogP contribution is 2.04. The molecular weight excluding hydrogens is 420 g/mol. The van der Waals surface area contributed by atoms with Gasteiger partial charge >= 0.3 is 0 Å². The summed E-state index contributed by atoms with van der Waals surface area (Å²) in [6.45, 7) is 4.09. The molecule has 0 fully saturated rings. The van der Waals surface area contributed by atoms with Crippen molar-refractivity contribution in [1.29, 1.82) is 0 Å². The summed E-state index contributed by atoms with van der Waals surface area (Å²) < 4.78 is 15.0. The minimum absolute atomic E-state index is 0. The number of hydrogen-bond donors (Lipinski definition) is 2. The Labute approximate surface area is 159 Å². The van der Waals surface area contributed by atoms with Gasteiger partial charge in [0.05, 0.1) is 12.7 Å². The minimum atomic E-state index is -0.230. The highest BCUT2D eigenvalue weighted by atomic mass is 127. The van der Waals surface area contributed by atoms with E-state index in [1.54, 1.807) is 6.07 Å². The Morgan fingerprint density at radius 1 is 1.29 bits per heavy atom. The minimum Gasteiger partial charge on any atom is -0.357 e. The molecule has 0 atom stereocenters. The third-order valence-corrected chi connectivity index (χ3v) is 3.35. The Kier molecular flexibility index (Phi) is 9.36. The number of benzene rings is 1. The van der Waals surface area contributed by atoms with Gasteiger partial charge in [-0.1, -0.05) is 12.1 Å². The number of aromatic nitrogens is 2. The first kappa shape index (κ1) is 20.4. The monoisotopic (exact) mass is 445 g/mol. The summed E-state index contributed by atoms with van der Waals surface area (Å²) in [6.07, 6.45) is 5.90. The molecule has 2 rings (SSSR count). The molecule has 0 aliphatic rings. The molecule has 0 saturated carbocycles. The number of hydrogen-bond acceptors (Lipinski definition) is 2. The molecule has 2 aromatic rings. The molecule has 0 bridgehead atoms. The van der Waals surface area contributed by atoms with Crippen LogP contribution >= 0.6 is 24.0 Å². The van der Waals surface area contributed by atoms with Crippen molar-refractivity contribution in [3.63, 3.8) is 0 Å². The Morgan fingerprint density at radius 2 is 2.12 bits per heavy atom. The Hall–Kier alpha value is -1.64. The van der Waals surface area contributed by atoms with Gasteiger partial charge in [0.1, 0.15) is 5.82 Å². The lowest BCUT2D eigenvalue weighted by Gasteiger charge is -2.11. The van der Waals surface area contributed by atoms with Gasteiger partial charge in [0, 0.05) is 26.3 Å². The molecule has 0 unspecified atom stereocenters. The Balaban J connectivity index is 0.00000288. The second-order valence-electron chi connectivity index (χ2n) is 5.38. The van der Waals surface area contributed by atoms with E-state index in [0.717, 1.165) is 37.5 Å². The number of rotatable bonds is 7. The molecule has 0 spiro atoms. The van der Waals surface area contributed by atoms with Crippen LogP contribution in [0.15, 0.2) is 41.7 Å². The van der Waals surface area contributed by atoms with E-state index in [1.165, 1.54) is 17.7 Å². The van der Waals surface area contributed by atoms with E-state index in [4.69, 9.17) is 0 Å². The molecule has 0 amide bonds. The molecule has 5 nitrogen and oxygen atoms in total.